The molecule has 0 aliphatic carbocycles. The highest BCUT2D eigenvalue weighted by Gasteiger charge is 2.13. The molecule has 7 nitrogen and oxygen atoms in total. The maximum atomic E-state index is 12.4. The Labute approximate surface area is 176 Å². The van der Waals surface area contributed by atoms with Gasteiger partial charge in [-0.15, -0.1) is 0 Å². The van der Waals surface area contributed by atoms with Gasteiger partial charge in [0.1, 0.15) is 5.75 Å². The van der Waals surface area contributed by atoms with Gasteiger partial charge in [-0.05, 0) is 67.9 Å². The maximum absolute atomic E-state index is 12.4. The van der Waals surface area contributed by atoms with Crippen LogP contribution in [-0.2, 0) is 13.1 Å². The molecule has 0 atom stereocenters. The van der Waals surface area contributed by atoms with Crippen LogP contribution in [0.3, 0.4) is 0 Å². The van der Waals surface area contributed by atoms with Gasteiger partial charge in [-0.25, -0.2) is 0 Å². The van der Waals surface area contributed by atoms with Gasteiger partial charge in [0, 0.05) is 17.7 Å². The van der Waals surface area contributed by atoms with Crippen LogP contribution < -0.4 is 10.1 Å². The van der Waals surface area contributed by atoms with Crippen LogP contribution in [0.4, 0.5) is 0 Å². The number of rotatable bonds is 7. The number of benzene rings is 2. The van der Waals surface area contributed by atoms with Crippen molar-refractivity contribution in [2.45, 2.75) is 32.4 Å². The Morgan fingerprint density at radius 1 is 1.07 bits per heavy atom. The monoisotopic (exact) mass is 406 g/mol. The number of amides is 1. The van der Waals surface area contributed by atoms with E-state index in [1.807, 2.05) is 48.5 Å². The van der Waals surface area contributed by atoms with E-state index in [9.17, 15) is 4.79 Å². The van der Waals surface area contributed by atoms with Crippen molar-refractivity contribution in [1.29, 1.82) is 0 Å². The van der Waals surface area contributed by atoms with E-state index < -0.39 is 0 Å². The zero-order valence-electron chi connectivity index (χ0n) is 17.1. The van der Waals surface area contributed by atoms with E-state index >= 15 is 0 Å². The van der Waals surface area contributed by atoms with Crippen LogP contribution in [-0.4, -0.2) is 41.1 Å². The summed E-state index contributed by atoms with van der Waals surface area (Å²) in [4.78, 5) is 19.3. The number of nitrogens with zero attached hydrogens (tertiary/aromatic N) is 3. The molecule has 1 aliphatic heterocycles. The molecule has 3 aromatic rings. The molecule has 1 aliphatic rings. The minimum atomic E-state index is -0.163. The fraction of sp³-hybridized carbons (Fsp3) is 0.348. The van der Waals surface area contributed by atoms with Crippen molar-refractivity contribution < 1.29 is 14.1 Å². The summed E-state index contributed by atoms with van der Waals surface area (Å²) < 4.78 is 10.4. The third kappa shape index (κ3) is 5.04. The van der Waals surface area contributed by atoms with Crippen LogP contribution in [0.5, 0.6) is 5.75 Å². The Morgan fingerprint density at radius 3 is 2.50 bits per heavy atom. The van der Waals surface area contributed by atoms with E-state index in [0.29, 0.717) is 17.3 Å². The van der Waals surface area contributed by atoms with Gasteiger partial charge < -0.3 is 14.6 Å². The summed E-state index contributed by atoms with van der Waals surface area (Å²) in [5.74, 6) is 1.43. The Morgan fingerprint density at radius 2 is 1.80 bits per heavy atom. The molecular formula is C23H26N4O3. The van der Waals surface area contributed by atoms with Crippen molar-refractivity contribution >= 4 is 5.91 Å². The molecule has 0 unspecified atom stereocenters. The minimum absolute atomic E-state index is 0.163. The molecule has 1 aromatic heterocycles. The molecule has 30 heavy (non-hydrogen) atoms. The molecule has 2 heterocycles. The van der Waals surface area contributed by atoms with Crippen LogP contribution in [0.2, 0.25) is 0 Å². The van der Waals surface area contributed by atoms with Crippen LogP contribution in [0.1, 0.15) is 41.1 Å². The fourth-order valence-corrected chi connectivity index (χ4v) is 3.58. The van der Waals surface area contributed by atoms with Crippen molar-refractivity contribution in [3.8, 4) is 17.1 Å². The molecular weight excluding hydrogens is 380 g/mol. The van der Waals surface area contributed by atoms with E-state index in [-0.39, 0.29) is 12.5 Å². The van der Waals surface area contributed by atoms with Gasteiger partial charge in [-0.3, -0.25) is 9.69 Å². The summed E-state index contributed by atoms with van der Waals surface area (Å²) >= 11 is 0. The van der Waals surface area contributed by atoms with E-state index in [4.69, 9.17) is 9.26 Å². The first-order valence-electron chi connectivity index (χ1n) is 10.3. The first-order valence-corrected chi connectivity index (χ1v) is 10.3. The van der Waals surface area contributed by atoms with E-state index in [1.54, 1.807) is 7.11 Å². The van der Waals surface area contributed by atoms with Gasteiger partial charge >= 0.3 is 0 Å². The Kier molecular flexibility index (Phi) is 6.39. The Balaban J connectivity index is 1.30. The zero-order chi connectivity index (χ0) is 20.8. The zero-order valence-corrected chi connectivity index (χ0v) is 17.1. The third-order valence-electron chi connectivity index (χ3n) is 5.29. The number of likely N-dealkylation sites (tertiary alicyclic amines) is 1. The van der Waals surface area contributed by atoms with Gasteiger partial charge in [-0.2, -0.15) is 4.98 Å². The van der Waals surface area contributed by atoms with Gasteiger partial charge in [0.15, 0.2) is 0 Å². The second-order valence-electron chi connectivity index (χ2n) is 7.46. The molecule has 0 spiro atoms. The quantitative estimate of drug-likeness (QED) is 0.645. The lowest BCUT2D eigenvalue weighted by Crippen LogP contribution is -2.29. The number of nitrogens with one attached hydrogen (secondary N) is 1. The summed E-state index contributed by atoms with van der Waals surface area (Å²) in [6, 6.07) is 15.2. The number of piperidine rings is 1. The predicted molar refractivity (Wildman–Crippen MR) is 113 cm³/mol. The number of ether oxygens (including phenoxy) is 1. The number of hydrogen-bond acceptors (Lipinski definition) is 6. The van der Waals surface area contributed by atoms with Gasteiger partial charge in [-0.1, -0.05) is 23.7 Å². The highest BCUT2D eigenvalue weighted by Crippen LogP contribution is 2.19. The van der Waals surface area contributed by atoms with Crippen molar-refractivity contribution in [1.82, 2.24) is 20.4 Å². The average molecular weight is 406 g/mol. The summed E-state index contributed by atoms with van der Waals surface area (Å²) in [6.45, 7) is 3.44. The maximum Gasteiger partial charge on any atom is 0.251 e. The molecule has 1 N–H and O–H groups in total. The first-order chi connectivity index (χ1) is 14.7. The fourth-order valence-electron chi connectivity index (χ4n) is 3.58. The number of aromatic nitrogens is 2. The van der Waals surface area contributed by atoms with Crippen molar-refractivity contribution in [2.75, 3.05) is 20.2 Å². The second kappa shape index (κ2) is 9.54. The molecule has 1 saturated heterocycles. The van der Waals surface area contributed by atoms with Gasteiger partial charge in [0.25, 0.3) is 5.91 Å². The van der Waals surface area contributed by atoms with Crippen LogP contribution in [0.15, 0.2) is 53.1 Å². The molecule has 1 amide bonds. The standard InChI is InChI=1S/C23H26N4O3/c1-29-20-11-9-18(10-12-20)22-25-21(30-26-22)15-24-23(28)19-7-5-17(6-8-19)16-27-13-3-2-4-14-27/h5-12H,2-4,13-16H2,1H3,(H,24,28). The Bertz CT molecular complexity index is 961. The number of carbonyl (C=O) groups is 1. The molecule has 2 aromatic carbocycles. The lowest BCUT2D eigenvalue weighted by atomic mass is 10.1. The summed E-state index contributed by atoms with van der Waals surface area (Å²) in [5.41, 5.74) is 2.67. The van der Waals surface area contributed by atoms with Crippen LogP contribution in [0, 0.1) is 0 Å². The molecule has 0 saturated carbocycles. The lowest BCUT2D eigenvalue weighted by molar-refractivity contribution is 0.0946. The SMILES string of the molecule is COc1ccc(-c2noc(CNC(=O)c3ccc(CN4CCCCC4)cc3)n2)cc1. The van der Waals surface area contributed by atoms with E-state index in [1.165, 1.54) is 24.8 Å². The summed E-state index contributed by atoms with van der Waals surface area (Å²) in [7, 11) is 1.62. The van der Waals surface area contributed by atoms with Crippen LogP contribution >= 0.6 is 0 Å². The second-order valence-corrected chi connectivity index (χ2v) is 7.46. The largest absolute Gasteiger partial charge is 0.497 e. The van der Waals surface area contributed by atoms with Crippen LogP contribution in [0.25, 0.3) is 11.4 Å². The highest BCUT2D eigenvalue weighted by molar-refractivity contribution is 5.94. The molecule has 0 radical (unpaired) electrons. The molecule has 1 fully saturated rings. The van der Waals surface area contributed by atoms with Crippen molar-refractivity contribution in [3.05, 3.63) is 65.5 Å². The summed E-state index contributed by atoms with van der Waals surface area (Å²) in [5, 5.41) is 6.81. The highest BCUT2D eigenvalue weighted by atomic mass is 16.5. The molecule has 4 rings (SSSR count). The molecule has 0 bridgehead atoms. The predicted octanol–water partition coefficient (Wildman–Crippen LogP) is 3.66. The topological polar surface area (TPSA) is 80.5 Å². The van der Waals surface area contributed by atoms with E-state index in [0.717, 1.165) is 30.9 Å². The third-order valence-corrected chi connectivity index (χ3v) is 5.29. The minimum Gasteiger partial charge on any atom is -0.497 e. The lowest BCUT2D eigenvalue weighted by Gasteiger charge is -2.26. The number of hydrogen-bond donors (Lipinski definition) is 1. The normalized spacial score (nSPS) is 14.4. The van der Waals surface area contributed by atoms with Gasteiger partial charge in [0.05, 0.1) is 13.7 Å². The van der Waals surface area contributed by atoms with Crippen molar-refractivity contribution in [2.24, 2.45) is 0 Å². The van der Waals surface area contributed by atoms with E-state index in [2.05, 4.69) is 20.4 Å². The Hall–Kier alpha value is -3.19. The number of methoxy groups -OCH3 is 1. The van der Waals surface area contributed by atoms with Gasteiger partial charge in [0.2, 0.25) is 11.7 Å². The smallest absolute Gasteiger partial charge is 0.251 e. The van der Waals surface area contributed by atoms with Crippen molar-refractivity contribution in [3.63, 3.8) is 0 Å². The molecule has 156 valence electrons. The number of carbonyl (C=O) groups excluding carboxylic acids is 1. The first kappa shape index (κ1) is 20.1. The average Bonchev–Trinajstić information content (AvgIpc) is 3.28. The summed E-state index contributed by atoms with van der Waals surface area (Å²) in [6.07, 6.45) is 3.88. The molecule has 7 heteroatoms.